The summed E-state index contributed by atoms with van der Waals surface area (Å²) in [5.41, 5.74) is -0.287. The largest absolute Gasteiger partial charge is 0.419 e. The lowest BCUT2D eigenvalue weighted by Gasteiger charge is -2.41. The zero-order valence-corrected chi connectivity index (χ0v) is 16.9. The number of benzene rings is 1. The Hall–Kier alpha value is -2.91. The first-order valence-electron chi connectivity index (χ1n) is 9.73. The van der Waals surface area contributed by atoms with Crippen LogP contribution in [0.5, 0.6) is 0 Å². The summed E-state index contributed by atoms with van der Waals surface area (Å²) in [6.07, 6.45) is -4.59. The number of carbonyl (C=O) groups excluding carboxylic acids is 1. The molecule has 1 aromatic heterocycles. The molecule has 1 aromatic carbocycles. The van der Waals surface area contributed by atoms with E-state index in [9.17, 15) is 31.5 Å². The molecule has 2 aliphatic heterocycles. The summed E-state index contributed by atoms with van der Waals surface area (Å²) in [5, 5.41) is 0. The van der Waals surface area contributed by atoms with Crippen LogP contribution >= 0.6 is 0 Å². The highest BCUT2D eigenvalue weighted by Gasteiger charge is 2.37. The molecule has 31 heavy (non-hydrogen) atoms. The summed E-state index contributed by atoms with van der Waals surface area (Å²) in [6, 6.07) is 2.86. The normalized spacial score (nSPS) is 16.5. The molecule has 0 N–H and O–H groups in total. The average Bonchev–Trinajstić information content (AvgIpc) is 3.12. The number of nitrogens with zero attached hydrogens (tertiary/aromatic N) is 3. The Bertz CT molecular complexity index is 1120. The molecular formula is C21H20F5N3O2. The highest BCUT2D eigenvalue weighted by Crippen LogP contribution is 2.36. The minimum Gasteiger partial charge on any atom is -0.371 e. The van der Waals surface area contributed by atoms with Gasteiger partial charge in [0.05, 0.1) is 12.1 Å². The van der Waals surface area contributed by atoms with Crippen LogP contribution in [-0.4, -0.2) is 28.5 Å². The second-order valence-corrected chi connectivity index (χ2v) is 8.12. The van der Waals surface area contributed by atoms with Crippen LogP contribution in [0.1, 0.15) is 28.8 Å². The van der Waals surface area contributed by atoms with E-state index in [4.69, 9.17) is 0 Å². The molecule has 0 saturated carbocycles. The summed E-state index contributed by atoms with van der Waals surface area (Å²) in [4.78, 5) is 27.8. The molecule has 1 saturated heterocycles. The number of hydrogen-bond acceptors (Lipinski definition) is 3. The maximum atomic E-state index is 14.0. The number of rotatable bonds is 3. The van der Waals surface area contributed by atoms with E-state index in [2.05, 4.69) is 0 Å². The minimum atomic E-state index is -4.78. The molecule has 0 aliphatic carbocycles. The van der Waals surface area contributed by atoms with Gasteiger partial charge < -0.3 is 14.4 Å². The van der Waals surface area contributed by atoms with Crippen LogP contribution in [0.4, 0.5) is 27.6 Å². The van der Waals surface area contributed by atoms with Crippen LogP contribution < -0.4 is 10.5 Å². The summed E-state index contributed by atoms with van der Waals surface area (Å²) >= 11 is 0. The molecule has 1 amide bonds. The smallest absolute Gasteiger partial charge is 0.371 e. The topological polar surface area (TPSA) is 45.6 Å². The van der Waals surface area contributed by atoms with Crippen molar-refractivity contribution >= 4 is 11.6 Å². The van der Waals surface area contributed by atoms with Gasteiger partial charge in [-0.3, -0.25) is 9.59 Å². The summed E-state index contributed by atoms with van der Waals surface area (Å²) in [7, 11) is 1.47. The van der Waals surface area contributed by atoms with Gasteiger partial charge in [0.15, 0.2) is 5.82 Å². The number of alkyl halides is 3. The molecule has 10 heteroatoms. The number of fused-ring (bicyclic) bond motifs is 1. The third kappa shape index (κ3) is 3.68. The predicted molar refractivity (Wildman–Crippen MR) is 102 cm³/mol. The van der Waals surface area contributed by atoms with Crippen molar-refractivity contribution in [2.75, 3.05) is 18.0 Å². The fourth-order valence-corrected chi connectivity index (χ4v) is 4.21. The molecule has 2 aromatic rings. The quantitative estimate of drug-likeness (QED) is 0.687. The van der Waals surface area contributed by atoms with Crippen LogP contribution in [0.15, 0.2) is 23.0 Å². The molecular weight excluding hydrogens is 421 g/mol. The van der Waals surface area contributed by atoms with Crippen molar-refractivity contribution < 1.29 is 26.7 Å². The van der Waals surface area contributed by atoms with Gasteiger partial charge in [0.25, 0.3) is 5.56 Å². The summed E-state index contributed by atoms with van der Waals surface area (Å²) in [6.45, 7) is 2.70. The molecule has 3 heterocycles. The second kappa shape index (κ2) is 7.35. The molecule has 4 rings (SSSR count). The predicted octanol–water partition coefficient (Wildman–Crippen LogP) is 3.36. The van der Waals surface area contributed by atoms with Gasteiger partial charge in [0, 0.05) is 50.4 Å². The zero-order valence-electron chi connectivity index (χ0n) is 16.9. The van der Waals surface area contributed by atoms with Gasteiger partial charge in [-0.05, 0) is 36.2 Å². The van der Waals surface area contributed by atoms with Gasteiger partial charge in [-0.15, -0.1) is 0 Å². The molecule has 1 fully saturated rings. The molecule has 0 radical (unpaired) electrons. The van der Waals surface area contributed by atoms with Gasteiger partial charge in [-0.2, -0.15) is 13.2 Å². The average molecular weight is 441 g/mol. The first-order valence-corrected chi connectivity index (χ1v) is 9.73. The third-order valence-electron chi connectivity index (χ3n) is 6.11. The maximum absolute atomic E-state index is 14.0. The van der Waals surface area contributed by atoms with Crippen LogP contribution in [0, 0.1) is 24.5 Å². The van der Waals surface area contributed by atoms with Crippen LogP contribution in [0.25, 0.3) is 0 Å². The van der Waals surface area contributed by atoms with Crippen molar-refractivity contribution in [1.29, 1.82) is 0 Å². The number of halogens is 5. The lowest BCUT2D eigenvalue weighted by molar-refractivity contribution is -0.140. The first kappa shape index (κ1) is 21.3. The van der Waals surface area contributed by atoms with E-state index in [1.165, 1.54) is 24.6 Å². The summed E-state index contributed by atoms with van der Waals surface area (Å²) in [5.74, 6) is -2.36. The highest BCUT2D eigenvalue weighted by atomic mass is 19.4. The highest BCUT2D eigenvalue weighted by molar-refractivity contribution is 5.77. The van der Waals surface area contributed by atoms with E-state index in [0.717, 1.165) is 12.1 Å². The maximum Gasteiger partial charge on any atom is 0.419 e. The molecule has 2 aliphatic rings. The van der Waals surface area contributed by atoms with Gasteiger partial charge in [0.2, 0.25) is 5.91 Å². The van der Waals surface area contributed by atoms with Crippen molar-refractivity contribution in [3.63, 3.8) is 0 Å². The summed E-state index contributed by atoms with van der Waals surface area (Å²) < 4.78 is 67.4. The molecule has 0 spiro atoms. The molecule has 0 bridgehead atoms. The zero-order chi connectivity index (χ0) is 22.7. The minimum absolute atomic E-state index is 0.0581. The molecule has 5 nitrogen and oxygen atoms in total. The fourth-order valence-electron chi connectivity index (χ4n) is 4.21. The van der Waals surface area contributed by atoms with Crippen LogP contribution in [0.2, 0.25) is 0 Å². The van der Waals surface area contributed by atoms with E-state index in [1.807, 2.05) is 0 Å². The van der Waals surface area contributed by atoms with E-state index in [1.54, 1.807) is 9.80 Å². The van der Waals surface area contributed by atoms with Crippen molar-refractivity contribution in [1.82, 2.24) is 9.47 Å². The van der Waals surface area contributed by atoms with E-state index in [0.29, 0.717) is 24.3 Å². The van der Waals surface area contributed by atoms with Crippen molar-refractivity contribution in [3.05, 3.63) is 62.6 Å². The number of anilines is 1. The fraction of sp³-hybridized carbons (Fsp3) is 0.429. The first-order chi connectivity index (χ1) is 14.5. The van der Waals surface area contributed by atoms with Crippen molar-refractivity contribution in [3.8, 4) is 0 Å². The Morgan fingerprint density at radius 3 is 2.48 bits per heavy atom. The molecule has 0 atom stereocenters. The van der Waals surface area contributed by atoms with Gasteiger partial charge in [-0.1, -0.05) is 0 Å². The number of pyridine rings is 1. The Kier molecular flexibility index (Phi) is 5.06. The van der Waals surface area contributed by atoms with Crippen molar-refractivity contribution in [2.24, 2.45) is 13.0 Å². The lowest BCUT2D eigenvalue weighted by atomic mass is 9.94. The standard InChI is InChI=1S/C21H20F5N3O2/c1-11-14-9-29(10-17(14)27(2)20(31)19(11)23)18(30)5-12-7-28(8-12)13-3-4-16(22)15(6-13)21(24,25)26/h3-4,6,12H,5,7-10H2,1-2H3. The Morgan fingerprint density at radius 1 is 1.16 bits per heavy atom. The number of amides is 1. The van der Waals surface area contributed by atoms with E-state index >= 15 is 0 Å². The Balaban J connectivity index is 1.39. The van der Waals surface area contributed by atoms with E-state index in [-0.39, 0.29) is 42.6 Å². The number of hydrogen-bond donors (Lipinski definition) is 0. The molecule has 0 unspecified atom stereocenters. The lowest BCUT2D eigenvalue weighted by Crippen LogP contribution is -2.48. The van der Waals surface area contributed by atoms with Crippen LogP contribution in [-0.2, 0) is 31.1 Å². The van der Waals surface area contributed by atoms with Gasteiger partial charge in [0.1, 0.15) is 5.82 Å². The molecule has 166 valence electrons. The Labute approximate surface area is 174 Å². The number of aromatic nitrogens is 1. The Morgan fingerprint density at radius 2 is 1.84 bits per heavy atom. The second-order valence-electron chi connectivity index (χ2n) is 8.12. The third-order valence-corrected chi connectivity index (χ3v) is 6.11. The van der Waals surface area contributed by atoms with E-state index < -0.39 is 28.9 Å². The SMILES string of the molecule is Cc1c2c(n(C)c(=O)c1F)CN(C(=O)CC1CN(c3ccc(F)c(C(F)(F)F)c3)C1)C2. The van der Waals surface area contributed by atoms with Crippen LogP contribution in [0.3, 0.4) is 0 Å². The number of carbonyl (C=O) groups is 1. The van der Waals surface area contributed by atoms with Gasteiger partial charge in [-0.25, -0.2) is 8.78 Å². The van der Waals surface area contributed by atoms with Crippen molar-refractivity contribution in [2.45, 2.75) is 32.6 Å². The van der Waals surface area contributed by atoms with Gasteiger partial charge >= 0.3 is 6.18 Å². The monoisotopic (exact) mass is 441 g/mol.